The van der Waals surface area contributed by atoms with Crippen LogP contribution in [0.5, 0.6) is 0 Å². The van der Waals surface area contributed by atoms with E-state index in [1.54, 1.807) is 35.8 Å². The molecular formula is C22H28N2O2S. The average Bonchev–Trinajstić information content (AvgIpc) is 2.71. The van der Waals surface area contributed by atoms with Crippen molar-refractivity contribution in [2.24, 2.45) is 5.92 Å². The summed E-state index contributed by atoms with van der Waals surface area (Å²) in [7, 11) is 1.79. The number of likely N-dealkylation sites (N-methyl/N-ethyl adjacent to an activating group) is 1. The van der Waals surface area contributed by atoms with E-state index in [4.69, 9.17) is 0 Å². The molecule has 0 fully saturated rings. The lowest BCUT2D eigenvalue weighted by Gasteiger charge is -2.28. The summed E-state index contributed by atoms with van der Waals surface area (Å²) in [5, 5.41) is 2.94. The second kappa shape index (κ2) is 10.2. The van der Waals surface area contributed by atoms with Gasteiger partial charge in [0.2, 0.25) is 5.91 Å². The van der Waals surface area contributed by atoms with E-state index in [1.165, 1.54) is 4.90 Å². The number of amides is 2. The van der Waals surface area contributed by atoms with Crippen LogP contribution in [-0.4, -0.2) is 36.1 Å². The molecule has 0 saturated carbocycles. The van der Waals surface area contributed by atoms with Gasteiger partial charge in [-0.3, -0.25) is 9.59 Å². The molecular weight excluding hydrogens is 356 g/mol. The summed E-state index contributed by atoms with van der Waals surface area (Å²) in [6.45, 7) is 4.54. The summed E-state index contributed by atoms with van der Waals surface area (Å²) in [5.74, 6) is -0.235. The van der Waals surface area contributed by atoms with Gasteiger partial charge in [0, 0.05) is 24.1 Å². The summed E-state index contributed by atoms with van der Waals surface area (Å²) in [4.78, 5) is 28.5. The quantitative estimate of drug-likeness (QED) is 0.694. The number of hydrogen-bond acceptors (Lipinski definition) is 3. The molecule has 2 aromatic rings. The highest BCUT2D eigenvalue weighted by molar-refractivity contribution is 7.98. The Hall–Kier alpha value is -2.27. The maximum Gasteiger partial charge on any atom is 0.251 e. The van der Waals surface area contributed by atoms with Gasteiger partial charge in [-0.05, 0) is 42.0 Å². The fourth-order valence-electron chi connectivity index (χ4n) is 2.82. The number of carbonyl (C=O) groups is 2. The van der Waals surface area contributed by atoms with Gasteiger partial charge in [-0.1, -0.05) is 50.6 Å². The topological polar surface area (TPSA) is 49.4 Å². The highest BCUT2D eigenvalue weighted by atomic mass is 32.2. The first kappa shape index (κ1) is 21.0. The summed E-state index contributed by atoms with van der Waals surface area (Å²) >= 11 is 1.69. The number of benzene rings is 2. The molecule has 0 radical (unpaired) electrons. The number of nitrogens with one attached hydrogen (secondary N) is 1. The third kappa shape index (κ3) is 5.86. The van der Waals surface area contributed by atoms with Gasteiger partial charge in [-0.15, -0.1) is 11.8 Å². The molecule has 0 aliphatic carbocycles. The van der Waals surface area contributed by atoms with Crippen molar-refractivity contribution >= 4 is 23.6 Å². The lowest BCUT2D eigenvalue weighted by molar-refractivity contribution is -0.133. The third-order valence-electron chi connectivity index (χ3n) is 4.76. The van der Waals surface area contributed by atoms with Crippen LogP contribution in [0.2, 0.25) is 0 Å². The van der Waals surface area contributed by atoms with Crippen LogP contribution >= 0.6 is 11.8 Å². The molecule has 2 atom stereocenters. The molecule has 2 aromatic carbocycles. The Bertz CT molecular complexity index is 747. The van der Waals surface area contributed by atoms with Crippen molar-refractivity contribution in [3.63, 3.8) is 0 Å². The number of carbonyl (C=O) groups excluding carboxylic acids is 2. The van der Waals surface area contributed by atoms with Gasteiger partial charge in [-0.2, -0.15) is 0 Å². The van der Waals surface area contributed by atoms with E-state index in [1.807, 2.05) is 50.4 Å². The molecule has 0 aliphatic rings. The Morgan fingerprint density at radius 1 is 1.07 bits per heavy atom. The van der Waals surface area contributed by atoms with Gasteiger partial charge < -0.3 is 10.2 Å². The van der Waals surface area contributed by atoms with Crippen molar-refractivity contribution < 1.29 is 9.59 Å². The van der Waals surface area contributed by atoms with Crippen LogP contribution in [0.3, 0.4) is 0 Å². The van der Waals surface area contributed by atoms with Crippen molar-refractivity contribution in [3.05, 3.63) is 65.7 Å². The number of hydrogen-bond donors (Lipinski definition) is 1. The first-order valence-corrected chi connectivity index (χ1v) is 10.4. The summed E-state index contributed by atoms with van der Waals surface area (Å²) in [5.41, 5.74) is 1.63. The first-order valence-electron chi connectivity index (χ1n) is 9.20. The van der Waals surface area contributed by atoms with E-state index in [2.05, 4.69) is 17.4 Å². The molecule has 0 spiro atoms. The van der Waals surface area contributed by atoms with Gasteiger partial charge in [0.1, 0.15) is 6.04 Å². The number of thioether (sulfide) groups is 1. The van der Waals surface area contributed by atoms with Gasteiger partial charge in [0.25, 0.3) is 5.91 Å². The predicted molar refractivity (Wildman–Crippen MR) is 112 cm³/mol. The fourth-order valence-corrected chi connectivity index (χ4v) is 3.23. The number of nitrogens with zero attached hydrogens (tertiary/aromatic N) is 1. The smallest absolute Gasteiger partial charge is 0.251 e. The summed E-state index contributed by atoms with van der Waals surface area (Å²) < 4.78 is 0. The molecule has 0 bridgehead atoms. The molecule has 0 heterocycles. The van der Waals surface area contributed by atoms with Crippen LogP contribution in [0.1, 0.15) is 36.2 Å². The third-order valence-corrected chi connectivity index (χ3v) is 5.50. The number of rotatable bonds is 8. The second-order valence-corrected chi connectivity index (χ2v) is 7.62. The zero-order chi connectivity index (χ0) is 19.8. The van der Waals surface area contributed by atoms with Crippen LogP contribution in [0.4, 0.5) is 0 Å². The zero-order valence-electron chi connectivity index (χ0n) is 16.4. The van der Waals surface area contributed by atoms with Gasteiger partial charge in [-0.25, -0.2) is 0 Å². The average molecular weight is 385 g/mol. The van der Waals surface area contributed by atoms with Crippen molar-refractivity contribution in [3.8, 4) is 0 Å². The standard InChI is InChI=1S/C22H28N2O2S/c1-5-16(2)20(23-21(25)18-9-7-6-8-10-18)22(26)24(3)15-17-11-13-19(27-4)14-12-17/h6-14,16,20H,5,15H2,1-4H3,(H,23,25)/t16-,20+/m0/s1. The van der Waals surface area contributed by atoms with E-state index in [-0.39, 0.29) is 17.7 Å². The lowest BCUT2D eigenvalue weighted by atomic mass is 9.97. The Kier molecular flexibility index (Phi) is 7.92. The monoisotopic (exact) mass is 384 g/mol. The second-order valence-electron chi connectivity index (χ2n) is 6.75. The van der Waals surface area contributed by atoms with E-state index >= 15 is 0 Å². The molecule has 144 valence electrons. The van der Waals surface area contributed by atoms with Crippen LogP contribution < -0.4 is 5.32 Å². The van der Waals surface area contributed by atoms with Gasteiger partial charge in [0.15, 0.2) is 0 Å². The Labute approximate surface area is 166 Å². The van der Waals surface area contributed by atoms with Crippen molar-refractivity contribution in [1.82, 2.24) is 10.2 Å². The molecule has 5 heteroatoms. The van der Waals surface area contributed by atoms with Crippen molar-refractivity contribution in [2.75, 3.05) is 13.3 Å². The maximum atomic E-state index is 13.0. The van der Waals surface area contributed by atoms with Crippen molar-refractivity contribution in [2.45, 2.75) is 37.8 Å². The maximum absolute atomic E-state index is 13.0. The summed E-state index contributed by atoms with van der Waals surface area (Å²) in [6.07, 6.45) is 2.85. The van der Waals surface area contributed by atoms with E-state index in [9.17, 15) is 9.59 Å². The zero-order valence-corrected chi connectivity index (χ0v) is 17.3. The van der Waals surface area contributed by atoms with Crippen LogP contribution in [0, 0.1) is 5.92 Å². The minimum atomic E-state index is -0.543. The lowest BCUT2D eigenvalue weighted by Crippen LogP contribution is -2.50. The normalized spacial score (nSPS) is 12.9. The molecule has 2 amide bonds. The van der Waals surface area contributed by atoms with E-state index in [0.29, 0.717) is 12.1 Å². The Balaban J connectivity index is 2.09. The van der Waals surface area contributed by atoms with Crippen LogP contribution in [0.15, 0.2) is 59.5 Å². The van der Waals surface area contributed by atoms with E-state index in [0.717, 1.165) is 12.0 Å². The van der Waals surface area contributed by atoms with Crippen molar-refractivity contribution in [1.29, 1.82) is 0 Å². The molecule has 1 N–H and O–H groups in total. The molecule has 27 heavy (non-hydrogen) atoms. The summed E-state index contributed by atoms with van der Waals surface area (Å²) in [6, 6.07) is 16.7. The highest BCUT2D eigenvalue weighted by Gasteiger charge is 2.28. The molecule has 4 nitrogen and oxygen atoms in total. The fraction of sp³-hybridized carbons (Fsp3) is 0.364. The molecule has 0 aromatic heterocycles. The predicted octanol–water partition coefficient (Wildman–Crippen LogP) is 4.21. The van der Waals surface area contributed by atoms with Gasteiger partial charge >= 0.3 is 0 Å². The minimum Gasteiger partial charge on any atom is -0.340 e. The largest absolute Gasteiger partial charge is 0.340 e. The molecule has 2 rings (SSSR count). The van der Waals surface area contributed by atoms with E-state index < -0.39 is 6.04 Å². The Morgan fingerprint density at radius 2 is 1.70 bits per heavy atom. The molecule has 0 saturated heterocycles. The molecule has 0 unspecified atom stereocenters. The minimum absolute atomic E-state index is 0.0477. The first-order chi connectivity index (χ1) is 13.0. The highest BCUT2D eigenvalue weighted by Crippen LogP contribution is 2.17. The SMILES string of the molecule is CC[C@H](C)[C@@H](NC(=O)c1ccccc1)C(=O)N(C)Cc1ccc(SC)cc1. The van der Waals surface area contributed by atoms with Gasteiger partial charge in [0.05, 0.1) is 0 Å². The molecule has 0 aliphatic heterocycles. The Morgan fingerprint density at radius 3 is 2.26 bits per heavy atom. The van der Waals surface area contributed by atoms with Crippen LogP contribution in [-0.2, 0) is 11.3 Å². The van der Waals surface area contributed by atoms with Crippen LogP contribution in [0.25, 0.3) is 0 Å².